The molecular weight excluding hydrogens is 306 g/mol. The van der Waals surface area contributed by atoms with Crippen LogP contribution in [0.2, 0.25) is 0 Å². The van der Waals surface area contributed by atoms with E-state index in [9.17, 15) is 0 Å². The number of thiophene rings is 1. The van der Waals surface area contributed by atoms with E-state index in [4.69, 9.17) is 0 Å². The summed E-state index contributed by atoms with van der Waals surface area (Å²) in [6.07, 6.45) is 11.0. The van der Waals surface area contributed by atoms with Gasteiger partial charge in [0, 0.05) is 10.9 Å². The Balaban J connectivity index is 2.13. The van der Waals surface area contributed by atoms with Crippen molar-refractivity contribution in [1.82, 2.24) is 5.32 Å². The minimum atomic E-state index is 0.539. The van der Waals surface area contributed by atoms with Crippen molar-refractivity contribution in [1.29, 1.82) is 0 Å². The van der Waals surface area contributed by atoms with Crippen LogP contribution >= 0.6 is 27.3 Å². The Bertz CT molecular complexity index is 311. The lowest BCUT2D eigenvalue weighted by atomic mass is 10.0. The van der Waals surface area contributed by atoms with Gasteiger partial charge in [0.15, 0.2) is 0 Å². The van der Waals surface area contributed by atoms with Crippen LogP contribution in [0.1, 0.15) is 69.2 Å². The van der Waals surface area contributed by atoms with Gasteiger partial charge in [0.2, 0.25) is 0 Å². The molecule has 0 aliphatic rings. The fraction of sp³-hybridized carbons (Fsp3) is 0.733. The summed E-state index contributed by atoms with van der Waals surface area (Å²) in [5.41, 5.74) is 0. The third-order valence-electron chi connectivity index (χ3n) is 3.38. The first-order chi connectivity index (χ1) is 8.77. The van der Waals surface area contributed by atoms with E-state index in [1.807, 2.05) is 11.3 Å². The quantitative estimate of drug-likeness (QED) is 0.525. The van der Waals surface area contributed by atoms with Gasteiger partial charge in [-0.25, -0.2) is 0 Å². The lowest BCUT2D eigenvalue weighted by Gasteiger charge is -2.14. The second kappa shape index (κ2) is 9.99. The molecule has 1 atom stereocenters. The highest BCUT2D eigenvalue weighted by molar-refractivity contribution is 9.11. The molecule has 1 nitrogen and oxygen atoms in total. The van der Waals surface area contributed by atoms with Crippen LogP contribution in [0, 0.1) is 0 Å². The predicted molar refractivity (Wildman–Crippen MR) is 86.4 cm³/mol. The standard InChI is InChI=1S/C15H26BrNS/c1-3-4-5-6-7-8-9-10-13(17-2)14-11-12-15(16)18-14/h11-13,17H,3-10H2,1-2H3. The third kappa shape index (κ3) is 6.35. The van der Waals surface area contributed by atoms with Crippen LogP contribution in [0.4, 0.5) is 0 Å². The fourth-order valence-electron chi connectivity index (χ4n) is 2.25. The van der Waals surface area contributed by atoms with Gasteiger partial charge in [-0.1, -0.05) is 51.9 Å². The van der Waals surface area contributed by atoms with Gasteiger partial charge < -0.3 is 5.32 Å². The monoisotopic (exact) mass is 331 g/mol. The number of hydrogen-bond acceptors (Lipinski definition) is 2. The molecule has 18 heavy (non-hydrogen) atoms. The van der Waals surface area contributed by atoms with Crippen LogP contribution in [0.15, 0.2) is 15.9 Å². The van der Waals surface area contributed by atoms with Gasteiger partial charge in [-0.05, 0) is 41.5 Å². The fourth-order valence-corrected chi connectivity index (χ4v) is 3.82. The van der Waals surface area contributed by atoms with Crippen molar-refractivity contribution in [2.24, 2.45) is 0 Å². The largest absolute Gasteiger partial charge is 0.312 e. The molecule has 0 aliphatic heterocycles. The van der Waals surface area contributed by atoms with E-state index < -0.39 is 0 Å². The van der Waals surface area contributed by atoms with Crippen molar-refractivity contribution in [2.45, 2.75) is 64.3 Å². The molecule has 0 bridgehead atoms. The topological polar surface area (TPSA) is 12.0 Å². The highest BCUT2D eigenvalue weighted by atomic mass is 79.9. The molecule has 3 heteroatoms. The maximum Gasteiger partial charge on any atom is 0.0701 e. The van der Waals surface area contributed by atoms with Crippen LogP contribution in [0.25, 0.3) is 0 Å². The molecule has 0 aromatic carbocycles. The molecule has 0 amide bonds. The summed E-state index contributed by atoms with van der Waals surface area (Å²) in [7, 11) is 2.07. The summed E-state index contributed by atoms with van der Waals surface area (Å²) >= 11 is 5.39. The molecule has 0 aliphatic carbocycles. The smallest absolute Gasteiger partial charge is 0.0701 e. The maximum absolute atomic E-state index is 3.54. The number of nitrogens with one attached hydrogen (secondary N) is 1. The van der Waals surface area contributed by atoms with Gasteiger partial charge in [-0.3, -0.25) is 0 Å². The molecule has 0 saturated heterocycles. The van der Waals surface area contributed by atoms with E-state index in [2.05, 4.69) is 47.4 Å². The normalized spacial score (nSPS) is 12.8. The average molecular weight is 332 g/mol. The van der Waals surface area contributed by atoms with Crippen molar-refractivity contribution in [3.05, 3.63) is 20.8 Å². The Morgan fingerprint density at radius 3 is 2.33 bits per heavy atom. The molecule has 0 radical (unpaired) electrons. The molecule has 0 fully saturated rings. The molecule has 1 aromatic heterocycles. The van der Waals surface area contributed by atoms with Crippen LogP contribution in [0.3, 0.4) is 0 Å². The van der Waals surface area contributed by atoms with Crippen molar-refractivity contribution >= 4 is 27.3 Å². The van der Waals surface area contributed by atoms with Crippen LogP contribution in [-0.2, 0) is 0 Å². The van der Waals surface area contributed by atoms with Gasteiger partial charge in [-0.2, -0.15) is 0 Å². The molecule has 1 rings (SSSR count). The second-order valence-corrected chi connectivity index (χ2v) is 7.39. The first-order valence-corrected chi connectivity index (χ1v) is 8.81. The molecular formula is C15H26BrNS. The van der Waals surface area contributed by atoms with Gasteiger partial charge in [0.25, 0.3) is 0 Å². The van der Waals surface area contributed by atoms with Crippen molar-refractivity contribution in [3.63, 3.8) is 0 Å². The third-order valence-corrected chi connectivity index (χ3v) is 5.12. The van der Waals surface area contributed by atoms with Gasteiger partial charge in [-0.15, -0.1) is 11.3 Å². The first-order valence-electron chi connectivity index (χ1n) is 7.20. The summed E-state index contributed by atoms with van der Waals surface area (Å²) in [4.78, 5) is 1.45. The highest BCUT2D eigenvalue weighted by Gasteiger charge is 2.10. The van der Waals surface area contributed by atoms with E-state index in [-0.39, 0.29) is 0 Å². The number of halogens is 1. The van der Waals surface area contributed by atoms with Crippen molar-refractivity contribution in [3.8, 4) is 0 Å². The summed E-state index contributed by atoms with van der Waals surface area (Å²) in [5, 5.41) is 3.43. The highest BCUT2D eigenvalue weighted by Crippen LogP contribution is 2.29. The molecule has 0 saturated carbocycles. The molecule has 0 spiro atoms. The minimum Gasteiger partial charge on any atom is -0.312 e. The Hall–Kier alpha value is 0.140. The van der Waals surface area contributed by atoms with E-state index >= 15 is 0 Å². The van der Waals surface area contributed by atoms with Crippen molar-refractivity contribution < 1.29 is 0 Å². The Labute approximate surface area is 125 Å². The van der Waals surface area contributed by atoms with Crippen molar-refractivity contribution in [2.75, 3.05) is 7.05 Å². The zero-order valence-electron chi connectivity index (χ0n) is 11.7. The summed E-state index contributed by atoms with van der Waals surface area (Å²) in [6, 6.07) is 4.92. The molecule has 1 aromatic rings. The number of unbranched alkanes of at least 4 members (excludes halogenated alkanes) is 6. The lowest BCUT2D eigenvalue weighted by Crippen LogP contribution is -2.14. The van der Waals surface area contributed by atoms with E-state index in [1.54, 1.807) is 0 Å². The molecule has 1 N–H and O–H groups in total. The van der Waals surface area contributed by atoms with E-state index in [1.165, 1.54) is 60.0 Å². The number of hydrogen-bond donors (Lipinski definition) is 1. The summed E-state index contributed by atoms with van der Waals surface area (Å²) < 4.78 is 1.23. The van der Waals surface area contributed by atoms with Crippen LogP contribution in [0.5, 0.6) is 0 Å². The number of rotatable bonds is 10. The van der Waals surface area contributed by atoms with Crippen LogP contribution < -0.4 is 5.32 Å². The Morgan fingerprint density at radius 2 is 1.78 bits per heavy atom. The zero-order valence-corrected chi connectivity index (χ0v) is 14.1. The SMILES string of the molecule is CCCCCCCCCC(NC)c1ccc(Br)s1. The van der Waals surface area contributed by atoms with Crippen LogP contribution in [-0.4, -0.2) is 7.05 Å². The molecule has 1 unspecified atom stereocenters. The molecule has 104 valence electrons. The van der Waals surface area contributed by atoms with E-state index in [0.29, 0.717) is 6.04 Å². The zero-order chi connectivity index (χ0) is 13.2. The second-order valence-electron chi connectivity index (χ2n) is 4.89. The summed E-state index contributed by atoms with van der Waals surface area (Å²) in [6.45, 7) is 2.27. The maximum atomic E-state index is 3.54. The van der Waals surface area contributed by atoms with Gasteiger partial charge in [0.1, 0.15) is 0 Å². The lowest BCUT2D eigenvalue weighted by molar-refractivity contribution is 0.501. The van der Waals surface area contributed by atoms with Gasteiger partial charge in [0.05, 0.1) is 3.79 Å². The minimum absolute atomic E-state index is 0.539. The Morgan fingerprint density at radius 1 is 1.11 bits per heavy atom. The van der Waals surface area contributed by atoms with Gasteiger partial charge >= 0.3 is 0 Å². The van der Waals surface area contributed by atoms with E-state index in [0.717, 1.165) is 0 Å². The predicted octanol–water partition coefficient (Wildman–Crippen LogP) is 5.91. The first kappa shape index (κ1) is 16.2. The molecule has 1 heterocycles. The Kier molecular flexibility index (Phi) is 8.99. The average Bonchev–Trinajstić information content (AvgIpc) is 2.79. The summed E-state index contributed by atoms with van der Waals surface area (Å²) in [5.74, 6) is 0.